The van der Waals surface area contributed by atoms with Crippen LogP contribution in [-0.4, -0.2) is 28.4 Å². The third-order valence-corrected chi connectivity index (χ3v) is 6.36. The number of hydrogen-bond acceptors (Lipinski definition) is 4. The van der Waals surface area contributed by atoms with Crippen molar-refractivity contribution < 1.29 is 18.9 Å². The third kappa shape index (κ3) is 4.18. The van der Waals surface area contributed by atoms with Gasteiger partial charge in [-0.25, -0.2) is 0 Å². The maximum Gasteiger partial charge on any atom is 0.160 e. The van der Waals surface area contributed by atoms with Crippen LogP contribution in [0.25, 0.3) is 0 Å². The summed E-state index contributed by atoms with van der Waals surface area (Å²) in [5.41, 5.74) is 2.41. The van der Waals surface area contributed by atoms with Gasteiger partial charge < -0.3 is 18.9 Å². The molecule has 0 unspecified atom stereocenters. The number of methoxy groups -OCH3 is 4. The van der Waals surface area contributed by atoms with Crippen molar-refractivity contribution in [3.05, 3.63) is 96.1 Å². The van der Waals surface area contributed by atoms with Gasteiger partial charge in [-0.1, -0.05) is 60.7 Å². The van der Waals surface area contributed by atoms with Gasteiger partial charge in [-0.2, -0.15) is 0 Å². The minimum Gasteiger partial charge on any atom is -0.493 e. The van der Waals surface area contributed by atoms with Crippen LogP contribution >= 0.6 is 0 Å². The Morgan fingerprint density at radius 3 is 1.16 bits per heavy atom. The smallest absolute Gasteiger partial charge is 0.160 e. The van der Waals surface area contributed by atoms with E-state index in [1.807, 2.05) is 12.1 Å². The van der Waals surface area contributed by atoms with E-state index < -0.39 is 0 Å². The largest absolute Gasteiger partial charge is 0.493 e. The van der Waals surface area contributed by atoms with Gasteiger partial charge in [-0.3, -0.25) is 0 Å². The zero-order valence-corrected chi connectivity index (χ0v) is 19.0. The van der Waals surface area contributed by atoms with E-state index in [0.717, 1.165) is 23.0 Å². The molecule has 0 saturated heterocycles. The van der Waals surface area contributed by atoms with Gasteiger partial charge in [0.1, 0.15) is 0 Å². The highest BCUT2D eigenvalue weighted by atomic mass is 16.5. The van der Waals surface area contributed by atoms with Gasteiger partial charge in [0.05, 0.1) is 28.4 Å². The Morgan fingerprint density at radius 1 is 0.500 bits per heavy atom. The Labute approximate surface area is 190 Å². The van der Waals surface area contributed by atoms with Gasteiger partial charge in [0.15, 0.2) is 23.0 Å². The summed E-state index contributed by atoms with van der Waals surface area (Å²) < 4.78 is 22.3. The summed E-state index contributed by atoms with van der Waals surface area (Å²) in [4.78, 5) is 0. The molecule has 0 fully saturated rings. The summed E-state index contributed by atoms with van der Waals surface area (Å²) in [5, 5.41) is 0. The molecule has 0 aliphatic heterocycles. The molecule has 2 aliphatic rings. The van der Waals surface area contributed by atoms with E-state index in [9.17, 15) is 0 Å². The van der Waals surface area contributed by atoms with Gasteiger partial charge in [0.2, 0.25) is 0 Å². The van der Waals surface area contributed by atoms with E-state index in [1.165, 1.54) is 11.1 Å². The molecule has 166 valence electrons. The highest BCUT2D eigenvalue weighted by Gasteiger charge is 2.35. The SMILES string of the molecule is COc1ccc([C@H](C2C=CC=C2)[C@H](c2ccc(OC)c(OC)c2)C2C=CC=C2)cc1OC. The van der Waals surface area contributed by atoms with Crippen LogP contribution in [0.15, 0.2) is 85.0 Å². The van der Waals surface area contributed by atoms with Crippen molar-refractivity contribution in [3.8, 4) is 23.0 Å². The van der Waals surface area contributed by atoms with Crippen molar-refractivity contribution in [1.82, 2.24) is 0 Å². The minimum absolute atomic E-state index is 0.181. The van der Waals surface area contributed by atoms with E-state index in [1.54, 1.807) is 28.4 Å². The summed E-state index contributed by atoms with van der Waals surface area (Å²) in [5.74, 6) is 3.82. The summed E-state index contributed by atoms with van der Waals surface area (Å²) in [6.45, 7) is 0. The molecule has 2 aromatic carbocycles. The molecule has 0 bridgehead atoms. The maximum absolute atomic E-state index is 5.64. The van der Waals surface area contributed by atoms with Crippen LogP contribution in [0.5, 0.6) is 23.0 Å². The number of allylic oxidation sites excluding steroid dienone is 8. The molecule has 0 spiro atoms. The molecule has 2 aliphatic carbocycles. The van der Waals surface area contributed by atoms with Crippen molar-refractivity contribution >= 4 is 0 Å². The van der Waals surface area contributed by atoms with Crippen LogP contribution in [0, 0.1) is 11.8 Å². The van der Waals surface area contributed by atoms with Gasteiger partial charge in [0.25, 0.3) is 0 Å². The molecule has 4 heteroatoms. The molecule has 4 nitrogen and oxygen atoms in total. The summed E-state index contributed by atoms with van der Waals surface area (Å²) in [6.07, 6.45) is 17.6. The fraction of sp³-hybridized carbons (Fsp3) is 0.286. The van der Waals surface area contributed by atoms with Crippen LogP contribution in [0.3, 0.4) is 0 Å². The lowest BCUT2D eigenvalue weighted by Gasteiger charge is -2.35. The second-order valence-corrected chi connectivity index (χ2v) is 7.97. The molecule has 0 saturated carbocycles. The Hall–Kier alpha value is -3.40. The van der Waals surface area contributed by atoms with Crippen LogP contribution in [0.1, 0.15) is 23.0 Å². The van der Waals surface area contributed by atoms with Gasteiger partial charge in [-0.15, -0.1) is 0 Å². The van der Waals surface area contributed by atoms with E-state index >= 15 is 0 Å². The number of benzene rings is 2. The molecule has 32 heavy (non-hydrogen) atoms. The van der Waals surface area contributed by atoms with Gasteiger partial charge in [-0.05, 0) is 35.4 Å². The zero-order chi connectivity index (χ0) is 22.5. The number of hydrogen-bond donors (Lipinski definition) is 0. The lowest BCUT2D eigenvalue weighted by atomic mass is 9.69. The third-order valence-electron chi connectivity index (χ3n) is 6.36. The first kappa shape index (κ1) is 21.8. The summed E-state index contributed by atoms with van der Waals surface area (Å²) >= 11 is 0. The van der Waals surface area contributed by atoms with Gasteiger partial charge >= 0.3 is 0 Å². The van der Waals surface area contributed by atoms with Crippen molar-refractivity contribution in [2.45, 2.75) is 11.8 Å². The average Bonchev–Trinajstić information content (AvgIpc) is 3.56. The topological polar surface area (TPSA) is 36.9 Å². The Kier molecular flexibility index (Phi) is 6.69. The summed E-state index contributed by atoms with van der Waals surface area (Å²) in [6, 6.07) is 12.5. The Morgan fingerprint density at radius 2 is 0.844 bits per heavy atom. The molecule has 0 radical (unpaired) electrons. The monoisotopic (exact) mass is 430 g/mol. The van der Waals surface area contributed by atoms with E-state index in [2.05, 4.69) is 72.9 Å². The lowest BCUT2D eigenvalue weighted by molar-refractivity contribution is 0.350. The normalized spacial score (nSPS) is 17.0. The quantitative estimate of drug-likeness (QED) is 0.484. The minimum atomic E-state index is 0.181. The van der Waals surface area contributed by atoms with Crippen LogP contribution in [0.2, 0.25) is 0 Å². The highest BCUT2D eigenvalue weighted by Crippen LogP contribution is 2.49. The van der Waals surface area contributed by atoms with Crippen molar-refractivity contribution in [2.24, 2.45) is 11.8 Å². The fourth-order valence-electron chi connectivity index (χ4n) is 4.84. The molecular formula is C28H30O4. The molecular weight excluding hydrogens is 400 g/mol. The molecule has 2 atom stereocenters. The van der Waals surface area contributed by atoms with E-state index in [0.29, 0.717) is 0 Å². The predicted octanol–water partition coefficient (Wildman–Crippen LogP) is 6.07. The van der Waals surface area contributed by atoms with Crippen molar-refractivity contribution in [2.75, 3.05) is 28.4 Å². The van der Waals surface area contributed by atoms with Crippen molar-refractivity contribution in [3.63, 3.8) is 0 Å². The Bertz CT molecular complexity index is 954. The molecule has 0 amide bonds. The number of rotatable bonds is 9. The molecule has 2 aromatic rings. The average molecular weight is 431 g/mol. The standard InChI is InChI=1S/C28H30O4/c1-29-23-15-13-21(17-25(23)31-3)27(19-9-5-6-10-19)28(20-11-7-8-12-20)22-14-16-24(30-2)26(18-22)32-4/h5-20,27-28H,1-4H3/t27-,28-/m0/s1. The van der Waals surface area contributed by atoms with Gasteiger partial charge in [0, 0.05) is 23.7 Å². The van der Waals surface area contributed by atoms with Crippen LogP contribution in [-0.2, 0) is 0 Å². The second kappa shape index (κ2) is 9.82. The maximum atomic E-state index is 5.64. The zero-order valence-electron chi connectivity index (χ0n) is 19.0. The second-order valence-electron chi connectivity index (χ2n) is 7.97. The molecule has 4 rings (SSSR count). The van der Waals surface area contributed by atoms with Crippen LogP contribution < -0.4 is 18.9 Å². The van der Waals surface area contributed by atoms with Crippen LogP contribution in [0.4, 0.5) is 0 Å². The number of ether oxygens (including phenoxy) is 4. The molecule has 0 aromatic heterocycles. The highest BCUT2D eigenvalue weighted by molar-refractivity contribution is 5.49. The molecule has 0 N–H and O–H groups in total. The van der Waals surface area contributed by atoms with E-state index in [-0.39, 0.29) is 23.7 Å². The first-order valence-electron chi connectivity index (χ1n) is 10.8. The lowest BCUT2D eigenvalue weighted by Crippen LogP contribution is -2.23. The predicted molar refractivity (Wildman–Crippen MR) is 128 cm³/mol. The van der Waals surface area contributed by atoms with E-state index in [4.69, 9.17) is 18.9 Å². The Balaban J connectivity index is 1.87. The first-order chi connectivity index (χ1) is 15.7. The van der Waals surface area contributed by atoms with Crippen molar-refractivity contribution in [1.29, 1.82) is 0 Å². The molecule has 0 heterocycles. The fourth-order valence-corrected chi connectivity index (χ4v) is 4.84. The summed E-state index contributed by atoms with van der Waals surface area (Å²) in [7, 11) is 6.69. The first-order valence-corrected chi connectivity index (χ1v) is 10.8.